The molecule has 0 atom stereocenters. The molecule has 0 saturated carbocycles. The van der Waals surface area contributed by atoms with Gasteiger partial charge in [0.25, 0.3) is 0 Å². The Hall–Kier alpha value is -5.80. The van der Waals surface area contributed by atoms with Crippen molar-refractivity contribution >= 4 is 46.6 Å². The first-order valence-corrected chi connectivity index (χ1v) is 27.4. The Morgan fingerprint density at radius 3 is 1.56 bits per heavy atom. The highest BCUT2D eigenvalue weighted by molar-refractivity contribution is 6.73. The van der Waals surface area contributed by atoms with E-state index < -0.39 is 0 Å². The highest BCUT2D eigenvalue weighted by Crippen LogP contribution is 2.57. The van der Waals surface area contributed by atoms with Gasteiger partial charge in [0.1, 0.15) is 0 Å². The predicted octanol–water partition coefficient (Wildman–Crippen LogP) is 17.3. The zero-order chi connectivity index (χ0) is 50.7. The second-order valence-corrected chi connectivity index (χ2v) is 27.4. The SMILES string of the molecule is CC1(C)CCC(C)(C)c2cc(Nc3c(-c4cc(-c5ccccc5)cc5c4Bc4cc6c(cc4N5c4ccc5c(c4)C(C)(C)CCC5(C)C)C(C)(C)CCC6(C)C)ccc4c3-c3ccccc3C4(C)C)ccc21. The normalized spacial score (nSPS) is 20.3. The lowest BCUT2D eigenvalue weighted by Crippen LogP contribution is -2.44. The molecule has 2 nitrogen and oxygen atoms in total. The van der Waals surface area contributed by atoms with Gasteiger partial charge < -0.3 is 10.2 Å². The van der Waals surface area contributed by atoms with Crippen molar-refractivity contribution in [1.82, 2.24) is 0 Å². The van der Waals surface area contributed by atoms with E-state index in [9.17, 15) is 0 Å². The molecule has 0 unspecified atom stereocenters. The van der Waals surface area contributed by atoms with Gasteiger partial charge in [0.05, 0.1) is 5.69 Å². The molecule has 0 spiro atoms. The highest BCUT2D eigenvalue weighted by Gasteiger charge is 2.44. The van der Waals surface area contributed by atoms with E-state index in [1.807, 2.05) is 0 Å². The van der Waals surface area contributed by atoms with Crippen LogP contribution in [0, 0.1) is 0 Å². The van der Waals surface area contributed by atoms with Crippen LogP contribution in [0.15, 0.2) is 127 Å². The van der Waals surface area contributed by atoms with Gasteiger partial charge in [-0.05, 0) is 186 Å². The number of anilines is 5. The molecule has 366 valence electrons. The fourth-order valence-electron chi connectivity index (χ4n) is 14.4. The molecule has 5 aliphatic rings. The molecule has 0 aromatic heterocycles. The van der Waals surface area contributed by atoms with Crippen molar-refractivity contribution in [2.75, 3.05) is 10.2 Å². The predicted molar refractivity (Wildman–Crippen MR) is 312 cm³/mol. The molecule has 0 fully saturated rings. The first kappa shape index (κ1) is 47.2. The van der Waals surface area contributed by atoms with Gasteiger partial charge in [0.2, 0.25) is 0 Å². The summed E-state index contributed by atoms with van der Waals surface area (Å²) in [6.45, 7) is 34.4. The topological polar surface area (TPSA) is 15.3 Å². The molecular formula is C69H77BN2. The second-order valence-electron chi connectivity index (χ2n) is 27.4. The summed E-state index contributed by atoms with van der Waals surface area (Å²) in [5, 5.41) is 4.29. The summed E-state index contributed by atoms with van der Waals surface area (Å²) in [4.78, 5) is 2.70. The number of nitrogens with zero attached hydrogens (tertiary/aromatic N) is 1. The van der Waals surface area contributed by atoms with E-state index in [4.69, 9.17) is 0 Å². The van der Waals surface area contributed by atoms with E-state index in [-0.39, 0.29) is 37.9 Å². The molecule has 0 bridgehead atoms. The van der Waals surface area contributed by atoms with E-state index >= 15 is 0 Å². The molecule has 7 aromatic rings. The minimum Gasteiger partial charge on any atom is -0.354 e. The summed E-state index contributed by atoms with van der Waals surface area (Å²) in [6, 6.07) is 50.5. The summed E-state index contributed by atoms with van der Waals surface area (Å²) in [6.07, 6.45) is 7.12. The quantitative estimate of drug-likeness (QED) is 0.173. The largest absolute Gasteiger partial charge is 0.354 e. The number of hydrogen-bond donors (Lipinski definition) is 1. The Bertz CT molecular complexity index is 3390. The molecule has 0 radical (unpaired) electrons. The van der Waals surface area contributed by atoms with E-state index in [2.05, 4.69) is 235 Å². The number of hydrogen-bond acceptors (Lipinski definition) is 2. The number of nitrogens with one attached hydrogen (secondary N) is 1. The molecule has 1 aliphatic heterocycles. The maximum absolute atomic E-state index is 4.29. The molecule has 0 saturated heterocycles. The van der Waals surface area contributed by atoms with Crippen LogP contribution >= 0.6 is 0 Å². The molecule has 3 heteroatoms. The lowest BCUT2D eigenvalue weighted by molar-refractivity contribution is 0.332. The first-order chi connectivity index (χ1) is 33.9. The zero-order valence-electron chi connectivity index (χ0n) is 46.0. The van der Waals surface area contributed by atoms with Crippen LogP contribution in [0.1, 0.15) is 180 Å². The Balaban J connectivity index is 1.17. The van der Waals surface area contributed by atoms with Gasteiger partial charge in [0.15, 0.2) is 7.28 Å². The number of benzene rings is 7. The van der Waals surface area contributed by atoms with E-state index in [1.165, 1.54) is 150 Å². The molecule has 1 N–H and O–H groups in total. The van der Waals surface area contributed by atoms with Crippen LogP contribution in [-0.2, 0) is 37.9 Å². The maximum Gasteiger partial charge on any atom is 0.198 e. The van der Waals surface area contributed by atoms with Crippen molar-refractivity contribution in [3.63, 3.8) is 0 Å². The van der Waals surface area contributed by atoms with Gasteiger partial charge in [-0.25, -0.2) is 0 Å². The fraction of sp³-hybridized carbons (Fsp3) is 0.391. The second kappa shape index (κ2) is 15.6. The van der Waals surface area contributed by atoms with Crippen molar-refractivity contribution in [3.05, 3.63) is 172 Å². The molecule has 7 aromatic carbocycles. The van der Waals surface area contributed by atoms with Gasteiger partial charge in [-0.3, -0.25) is 0 Å². The lowest BCUT2D eigenvalue weighted by Gasteiger charge is -2.45. The Labute approximate surface area is 433 Å². The first-order valence-electron chi connectivity index (χ1n) is 27.4. The maximum atomic E-state index is 4.29. The van der Waals surface area contributed by atoms with Crippen molar-refractivity contribution in [2.24, 2.45) is 0 Å². The van der Waals surface area contributed by atoms with Gasteiger partial charge in [-0.1, -0.05) is 187 Å². The summed E-state index contributed by atoms with van der Waals surface area (Å²) < 4.78 is 0. The number of rotatable bonds is 5. The summed E-state index contributed by atoms with van der Waals surface area (Å²) in [5.74, 6) is 0. The molecule has 0 amide bonds. The van der Waals surface area contributed by atoms with E-state index in [0.29, 0.717) is 0 Å². The van der Waals surface area contributed by atoms with Gasteiger partial charge in [-0.2, -0.15) is 0 Å². The average Bonchev–Trinajstić information content (AvgIpc) is 3.58. The monoisotopic (exact) mass is 945 g/mol. The third-order valence-corrected chi connectivity index (χ3v) is 19.5. The third-order valence-electron chi connectivity index (χ3n) is 19.5. The van der Waals surface area contributed by atoms with Gasteiger partial charge in [-0.15, -0.1) is 0 Å². The van der Waals surface area contributed by atoms with Crippen LogP contribution in [0.5, 0.6) is 0 Å². The minimum absolute atomic E-state index is 0.0674. The van der Waals surface area contributed by atoms with Gasteiger partial charge in [0, 0.05) is 39.3 Å². The van der Waals surface area contributed by atoms with Crippen molar-refractivity contribution in [2.45, 2.75) is 173 Å². The standard InChI is InChI=1S/C69H77BN2/c1-63(2)30-32-65(5,6)53-38-44(24-27-50(53)63)71-62-46(26-29-52-60(62)47-22-18-19-23-49(47)69(52,13)14)48-36-43(42-20-16-15-17-21-42)37-59-61(48)70-57-40-55-56(68(11,12)35-34-67(55,9)10)41-58(57)72(59)45-25-28-51-54(39-45)66(7,8)33-31-64(51,3)4/h15-29,36-41,70-71H,30-35H2,1-14H3. The van der Waals surface area contributed by atoms with Crippen molar-refractivity contribution in [3.8, 4) is 33.4 Å². The van der Waals surface area contributed by atoms with Gasteiger partial charge >= 0.3 is 0 Å². The van der Waals surface area contributed by atoms with Crippen LogP contribution < -0.4 is 21.1 Å². The molecule has 12 rings (SSSR count). The summed E-state index contributed by atoms with van der Waals surface area (Å²) in [7, 11) is 0.847. The fourth-order valence-corrected chi connectivity index (χ4v) is 14.4. The van der Waals surface area contributed by atoms with E-state index in [0.717, 1.165) is 13.0 Å². The molecule has 1 heterocycles. The minimum atomic E-state index is -0.154. The lowest BCUT2D eigenvalue weighted by atomic mass is 9.55. The molecule has 72 heavy (non-hydrogen) atoms. The highest BCUT2D eigenvalue weighted by atomic mass is 15.2. The zero-order valence-corrected chi connectivity index (χ0v) is 46.0. The van der Waals surface area contributed by atoms with E-state index in [1.54, 1.807) is 0 Å². The Kier molecular flexibility index (Phi) is 10.2. The summed E-state index contributed by atoms with van der Waals surface area (Å²) >= 11 is 0. The number of fused-ring (bicyclic) bond motifs is 8. The van der Waals surface area contributed by atoms with Crippen molar-refractivity contribution in [1.29, 1.82) is 0 Å². The average molecular weight is 945 g/mol. The van der Waals surface area contributed by atoms with Crippen LogP contribution in [-0.4, -0.2) is 7.28 Å². The van der Waals surface area contributed by atoms with Crippen molar-refractivity contribution < 1.29 is 0 Å². The van der Waals surface area contributed by atoms with Crippen LogP contribution in [0.2, 0.25) is 0 Å². The molecule has 4 aliphatic carbocycles. The Morgan fingerprint density at radius 2 is 0.917 bits per heavy atom. The van der Waals surface area contributed by atoms with Crippen LogP contribution in [0.3, 0.4) is 0 Å². The Morgan fingerprint density at radius 1 is 0.389 bits per heavy atom. The molecular weight excluding hydrogens is 868 g/mol. The van der Waals surface area contributed by atoms with Crippen LogP contribution in [0.4, 0.5) is 28.4 Å². The van der Waals surface area contributed by atoms with Crippen LogP contribution in [0.25, 0.3) is 33.4 Å². The third kappa shape index (κ3) is 7.16. The summed E-state index contributed by atoms with van der Waals surface area (Å²) in [5.41, 5.74) is 28.9. The smallest absolute Gasteiger partial charge is 0.198 e.